The first kappa shape index (κ1) is 20.3. The molecular formula is C22H20BrN3O4. The number of halogens is 1. The number of hydrogen-bond donors (Lipinski definition) is 1. The number of aryl methyl sites for hydroxylation is 1. The lowest BCUT2D eigenvalue weighted by Gasteiger charge is -2.11. The normalized spacial score (nSPS) is 13.4. The second-order valence-electron chi connectivity index (χ2n) is 7.16. The van der Waals surface area contributed by atoms with Gasteiger partial charge >= 0.3 is 5.97 Å². The molecule has 1 N–H and O–H groups in total. The van der Waals surface area contributed by atoms with Crippen LogP contribution >= 0.6 is 15.9 Å². The Kier molecular flexibility index (Phi) is 5.94. The number of hydrogen-bond acceptors (Lipinski definition) is 5. The van der Waals surface area contributed by atoms with Crippen LogP contribution in [0.3, 0.4) is 0 Å². The lowest BCUT2D eigenvalue weighted by molar-refractivity contribution is -0.119. The van der Waals surface area contributed by atoms with Gasteiger partial charge in [-0.3, -0.25) is 14.2 Å². The molecule has 7 nitrogen and oxygen atoms in total. The molecule has 154 valence electrons. The van der Waals surface area contributed by atoms with Gasteiger partial charge < -0.3 is 10.1 Å². The van der Waals surface area contributed by atoms with Crippen molar-refractivity contribution in [1.82, 2.24) is 9.55 Å². The summed E-state index contributed by atoms with van der Waals surface area (Å²) in [6.45, 7) is 0.262. The minimum atomic E-state index is -0.641. The summed E-state index contributed by atoms with van der Waals surface area (Å²) in [5.41, 5.74) is 1.25. The molecule has 8 heteroatoms. The number of aromatic nitrogens is 2. The molecule has 1 aromatic heterocycles. The average molecular weight is 470 g/mol. The summed E-state index contributed by atoms with van der Waals surface area (Å²) in [5.74, 6) is -0.328. The predicted molar refractivity (Wildman–Crippen MR) is 117 cm³/mol. The highest BCUT2D eigenvalue weighted by Crippen LogP contribution is 2.17. The number of amides is 1. The number of ether oxygens (including phenoxy) is 1. The van der Waals surface area contributed by atoms with Crippen LogP contribution in [0.2, 0.25) is 0 Å². The van der Waals surface area contributed by atoms with E-state index >= 15 is 0 Å². The van der Waals surface area contributed by atoms with Crippen LogP contribution in [0.25, 0.3) is 10.9 Å². The van der Waals surface area contributed by atoms with Gasteiger partial charge in [0.25, 0.3) is 11.5 Å². The fourth-order valence-electron chi connectivity index (χ4n) is 3.52. The van der Waals surface area contributed by atoms with Crippen molar-refractivity contribution in [2.45, 2.75) is 32.2 Å². The third-order valence-corrected chi connectivity index (χ3v) is 5.49. The van der Waals surface area contributed by atoms with Crippen LogP contribution in [-0.4, -0.2) is 28.0 Å². The zero-order valence-electron chi connectivity index (χ0n) is 16.2. The van der Waals surface area contributed by atoms with Crippen molar-refractivity contribution in [3.8, 4) is 0 Å². The third kappa shape index (κ3) is 4.43. The molecular weight excluding hydrogens is 450 g/mol. The van der Waals surface area contributed by atoms with Crippen LogP contribution in [0.5, 0.6) is 0 Å². The Morgan fingerprint density at radius 1 is 1.13 bits per heavy atom. The van der Waals surface area contributed by atoms with Crippen LogP contribution in [0, 0.1) is 0 Å². The first-order valence-electron chi connectivity index (χ1n) is 9.77. The first-order chi connectivity index (χ1) is 14.5. The number of carbonyl (C=O) groups excluding carboxylic acids is 2. The second-order valence-corrected chi connectivity index (χ2v) is 8.08. The van der Waals surface area contributed by atoms with Crippen LogP contribution < -0.4 is 10.9 Å². The molecule has 0 saturated carbocycles. The minimum absolute atomic E-state index is 0.0785. The molecule has 2 heterocycles. The molecule has 1 aliphatic heterocycles. The smallest absolute Gasteiger partial charge is 0.338 e. The van der Waals surface area contributed by atoms with E-state index in [1.54, 1.807) is 34.9 Å². The molecule has 0 aliphatic carbocycles. The van der Waals surface area contributed by atoms with Gasteiger partial charge in [0, 0.05) is 23.1 Å². The second kappa shape index (κ2) is 8.79. The molecule has 0 fully saturated rings. The fourth-order valence-corrected chi connectivity index (χ4v) is 3.92. The number of anilines is 1. The van der Waals surface area contributed by atoms with Gasteiger partial charge in [0.1, 0.15) is 5.82 Å². The minimum Gasteiger partial charge on any atom is -0.452 e. The number of nitrogens with one attached hydrogen (secondary N) is 1. The Balaban J connectivity index is 1.48. The van der Waals surface area contributed by atoms with E-state index in [-0.39, 0.29) is 11.1 Å². The van der Waals surface area contributed by atoms with Gasteiger partial charge in [0.2, 0.25) is 0 Å². The number of rotatable bonds is 4. The number of nitrogens with zero attached hydrogens (tertiary/aromatic N) is 2. The summed E-state index contributed by atoms with van der Waals surface area (Å²) in [5, 5.41) is 3.14. The summed E-state index contributed by atoms with van der Waals surface area (Å²) >= 11 is 3.33. The van der Waals surface area contributed by atoms with E-state index in [1.807, 2.05) is 6.07 Å². The number of carbonyl (C=O) groups is 2. The third-order valence-electron chi connectivity index (χ3n) is 4.99. The SMILES string of the molecule is O=C(COC(=O)c1ccc2c(=O)n3c(nc2c1)CCCCC3)Nc1cccc(Br)c1. The quantitative estimate of drug-likeness (QED) is 0.588. The van der Waals surface area contributed by atoms with Gasteiger partial charge in [-0.25, -0.2) is 9.78 Å². The van der Waals surface area contributed by atoms with Crippen LogP contribution in [0.15, 0.2) is 51.7 Å². The highest BCUT2D eigenvalue weighted by molar-refractivity contribution is 9.10. The van der Waals surface area contributed by atoms with Crippen molar-refractivity contribution in [1.29, 1.82) is 0 Å². The average Bonchev–Trinajstić information content (AvgIpc) is 2.97. The molecule has 30 heavy (non-hydrogen) atoms. The molecule has 1 aliphatic rings. The molecule has 0 bridgehead atoms. The Morgan fingerprint density at radius 3 is 2.83 bits per heavy atom. The van der Waals surface area contributed by atoms with E-state index in [0.717, 1.165) is 36.0 Å². The van der Waals surface area contributed by atoms with E-state index in [1.165, 1.54) is 6.07 Å². The number of fused-ring (bicyclic) bond motifs is 2. The first-order valence-corrected chi connectivity index (χ1v) is 10.6. The summed E-state index contributed by atoms with van der Waals surface area (Å²) in [7, 11) is 0. The van der Waals surface area contributed by atoms with Crippen LogP contribution in [-0.2, 0) is 22.5 Å². The lowest BCUT2D eigenvalue weighted by Crippen LogP contribution is -2.25. The van der Waals surface area contributed by atoms with Gasteiger partial charge in [0.15, 0.2) is 6.61 Å². The molecule has 0 radical (unpaired) electrons. The Morgan fingerprint density at radius 2 is 2.00 bits per heavy atom. The van der Waals surface area contributed by atoms with Crippen LogP contribution in [0.4, 0.5) is 5.69 Å². The van der Waals surface area contributed by atoms with Crippen molar-refractivity contribution in [3.63, 3.8) is 0 Å². The highest BCUT2D eigenvalue weighted by atomic mass is 79.9. The molecule has 4 rings (SSSR count). The predicted octanol–water partition coefficient (Wildman–Crippen LogP) is 3.68. The lowest BCUT2D eigenvalue weighted by atomic mass is 10.1. The van der Waals surface area contributed by atoms with E-state index in [2.05, 4.69) is 26.2 Å². The van der Waals surface area contributed by atoms with Crippen molar-refractivity contribution in [3.05, 3.63) is 68.7 Å². The van der Waals surface area contributed by atoms with Gasteiger partial charge in [-0.15, -0.1) is 0 Å². The zero-order chi connectivity index (χ0) is 21.1. The molecule has 0 spiro atoms. The summed E-state index contributed by atoms with van der Waals surface area (Å²) in [4.78, 5) is 41.8. The fraction of sp³-hybridized carbons (Fsp3) is 0.273. The van der Waals surface area contributed by atoms with Gasteiger partial charge in [-0.05, 0) is 49.2 Å². The Hall–Kier alpha value is -3.00. The van der Waals surface area contributed by atoms with Crippen molar-refractivity contribution >= 4 is 44.4 Å². The van der Waals surface area contributed by atoms with Gasteiger partial charge in [0.05, 0.1) is 16.5 Å². The van der Waals surface area contributed by atoms with Crippen molar-refractivity contribution in [2.24, 2.45) is 0 Å². The molecule has 0 saturated heterocycles. The van der Waals surface area contributed by atoms with Crippen molar-refractivity contribution in [2.75, 3.05) is 11.9 Å². The maximum absolute atomic E-state index is 12.8. The Bertz CT molecular complexity index is 1190. The van der Waals surface area contributed by atoms with E-state index in [9.17, 15) is 14.4 Å². The summed E-state index contributed by atoms with van der Waals surface area (Å²) in [6, 6.07) is 11.8. The zero-order valence-corrected chi connectivity index (χ0v) is 17.8. The molecule has 3 aromatic rings. The highest BCUT2D eigenvalue weighted by Gasteiger charge is 2.16. The maximum atomic E-state index is 12.8. The molecule has 0 atom stereocenters. The van der Waals surface area contributed by atoms with Gasteiger partial charge in [-0.2, -0.15) is 0 Å². The number of esters is 1. The maximum Gasteiger partial charge on any atom is 0.338 e. The summed E-state index contributed by atoms with van der Waals surface area (Å²) in [6.07, 6.45) is 3.77. The molecule has 0 unspecified atom stereocenters. The summed E-state index contributed by atoms with van der Waals surface area (Å²) < 4.78 is 7.69. The Labute approximate surface area is 181 Å². The van der Waals surface area contributed by atoms with Crippen molar-refractivity contribution < 1.29 is 14.3 Å². The molecule has 2 aromatic carbocycles. The van der Waals surface area contributed by atoms with E-state index in [4.69, 9.17) is 4.74 Å². The topological polar surface area (TPSA) is 90.3 Å². The van der Waals surface area contributed by atoms with Crippen LogP contribution in [0.1, 0.15) is 35.4 Å². The van der Waals surface area contributed by atoms with Gasteiger partial charge in [-0.1, -0.05) is 28.4 Å². The largest absolute Gasteiger partial charge is 0.452 e. The van der Waals surface area contributed by atoms with E-state index in [0.29, 0.717) is 23.1 Å². The molecule has 1 amide bonds. The number of benzene rings is 2. The standard InChI is InChI=1S/C22H20BrN3O4/c23-15-5-4-6-16(12-15)24-20(27)13-30-22(29)14-8-9-17-18(11-14)25-19-7-2-1-3-10-26(19)21(17)28/h4-6,8-9,11-12H,1-3,7,10,13H2,(H,24,27). The monoisotopic (exact) mass is 469 g/mol. The van der Waals surface area contributed by atoms with E-state index < -0.39 is 18.5 Å².